The van der Waals surface area contributed by atoms with Crippen molar-refractivity contribution in [1.29, 1.82) is 0 Å². The van der Waals surface area contributed by atoms with Crippen molar-refractivity contribution in [1.82, 2.24) is 0 Å². The third kappa shape index (κ3) is 2.09. The van der Waals surface area contributed by atoms with E-state index in [9.17, 15) is 0 Å². The topological polar surface area (TPSA) is 0 Å². The van der Waals surface area contributed by atoms with Crippen LogP contribution >= 0.6 is 34.0 Å². The van der Waals surface area contributed by atoms with Gasteiger partial charge < -0.3 is 0 Å². The van der Waals surface area contributed by atoms with Gasteiger partial charge in [-0.15, -0.1) is 34.0 Å². The molecule has 0 amide bonds. The smallest absolute Gasteiger partial charge is 0.0448 e. The number of rotatable bonds is 0. The van der Waals surface area contributed by atoms with Crippen molar-refractivity contribution in [3.05, 3.63) is 84.9 Å². The summed E-state index contributed by atoms with van der Waals surface area (Å²) >= 11 is 5.76. The van der Waals surface area contributed by atoms with Crippen LogP contribution in [0, 0.1) is 0 Å². The number of benzene rings is 5. The van der Waals surface area contributed by atoms with Crippen LogP contribution in [0.1, 0.15) is 0 Å². The van der Waals surface area contributed by atoms with Crippen molar-refractivity contribution >= 4 is 105 Å². The summed E-state index contributed by atoms with van der Waals surface area (Å²) < 4.78 is 8.31. The molecule has 0 atom stereocenters. The zero-order chi connectivity index (χ0) is 20.1. The Morgan fingerprint density at radius 1 is 0.355 bits per heavy atom. The summed E-state index contributed by atoms with van der Waals surface area (Å²) in [4.78, 5) is 0. The molecule has 0 radical (unpaired) electrons. The van der Waals surface area contributed by atoms with E-state index >= 15 is 0 Å². The van der Waals surface area contributed by atoms with E-state index < -0.39 is 0 Å². The second-order valence-electron chi connectivity index (χ2n) is 8.09. The van der Waals surface area contributed by atoms with E-state index in [1.54, 1.807) is 0 Å². The first kappa shape index (κ1) is 16.7. The fraction of sp³-hybridized carbons (Fsp3) is 0. The molecule has 0 fully saturated rings. The predicted octanol–water partition coefficient (Wildman–Crippen LogP) is 9.94. The third-order valence-corrected chi connectivity index (χ3v) is 9.92. The molecule has 0 N–H and O–H groups in total. The number of fused-ring (bicyclic) bond motifs is 13. The SMILES string of the molecule is c1ccc2c(c1)sc1ccc3c(sc4ccc5ccc6sc7ccccc7c6c5c43)c12. The van der Waals surface area contributed by atoms with Crippen molar-refractivity contribution in [2.45, 2.75) is 0 Å². The number of hydrogen-bond donors (Lipinski definition) is 0. The van der Waals surface area contributed by atoms with Gasteiger partial charge in [0.1, 0.15) is 0 Å². The van der Waals surface area contributed by atoms with E-state index in [0.717, 1.165) is 0 Å². The summed E-state index contributed by atoms with van der Waals surface area (Å²) in [6.45, 7) is 0. The molecule has 0 aliphatic rings. The van der Waals surface area contributed by atoms with Gasteiger partial charge in [0.05, 0.1) is 0 Å². The van der Waals surface area contributed by atoms with Crippen molar-refractivity contribution in [3.63, 3.8) is 0 Å². The van der Waals surface area contributed by atoms with Gasteiger partial charge in [-0.3, -0.25) is 0 Å². The zero-order valence-corrected chi connectivity index (χ0v) is 18.8. The van der Waals surface area contributed by atoms with Crippen LogP contribution in [0.4, 0.5) is 0 Å². The molecule has 0 saturated carbocycles. The fourth-order valence-corrected chi connectivity index (χ4v) is 8.73. The lowest BCUT2D eigenvalue weighted by Gasteiger charge is -2.04. The average Bonchev–Trinajstić information content (AvgIpc) is 3.48. The van der Waals surface area contributed by atoms with Gasteiger partial charge in [0.25, 0.3) is 0 Å². The largest absolute Gasteiger partial charge is 0.135 e. The van der Waals surface area contributed by atoms with Gasteiger partial charge in [0.15, 0.2) is 0 Å². The Labute approximate surface area is 189 Å². The second-order valence-corrected chi connectivity index (χ2v) is 11.3. The monoisotopic (exact) mass is 446 g/mol. The van der Waals surface area contributed by atoms with Crippen molar-refractivity contribution in [2.24, 2.45) is 0 Å². The van der Waals surface area contributed by atoms with Gasteiger partial charge in [-0.1, -0.05) is 54.6 Å². The highest BCUT2D eigenvalue weighted by Gasteiger charge is 2.17. The van der Waals surface area contributed by atoms with Crippen LogP contribution in [-0.2, 0) is 0 Å². The minimum Gasteiger partial charge on any atom is -0.135 e. The maximum Gasteiger partial charge on any atom is 0.0448 e. The predicted molar refractivity (Wildman–Crippen MR) is 143 cm³/mol. The molecule has 0 aliphatic heterocycles. The fourth-order valence-electron chi connectivity index (χ4n) is 5.16. The Morgan fingerprint density at radius 2 is 0.903 bits per heavy atom. The minimum absolute atomic E-state index is 1.33. The summed E-state index contributed by atoms with van der Waals surface area (Å²) in [5.74, 6) is 0. The van der Waals surface area contributed by atoms with Crippen LogP contribution in [-0.4, -0.2) is 0 Å². The first-order valence-corrected chi connectivity index (χ1v) is 12.8. The van der Waals surface area contributed by atoms with Gasteiger partial charge in [0.2, 0.25) is 0 Å². The summed E-state index contributed by atoms with van der Waals surface area (Å²) in [5, 5.41) is 11.2. The molecule has 0 spiro atoms. The highest BCUT2D eigenvalue weighted by Crippen LogP contribution is 2.48. The molecule has 8 aromatic rings. The molecule has 0 aliphatic carbocycles. The standard InChI is InChI=1S/C28H14S3/c1-3-7-19-16(5-1)25-21(29-19)12-9-15-10-13-22-26(24(15)25)18-11-14-23-27(28(18)31-22)17-6-2-4-8-20(17)30-23/h1-14H. The lowest BCUT2D eigenvalue weighted by molar-refractivity contribution is 1.87. The highest BCUT2D eigenvalue weighted by atomic mass is 32.1. The molecule has 3 heteroatoms. The van der Waals surface area contributed by atoms with E-state index in [-0.39, 0.29) is 0 Å². The third-order valence-electron chi connectivity index (χ3n) is 6.46. The lowest BCUT2D eigenvalue weighted by atomic mass is 9.98. The summed E-state index contributed by atoms with van der Waals surface area (Å²) in [5.41, 5.74) is 0. The Balaban J connectivity index is 1.68. The molecular formula is C28H14S3. The molecule has 0 nitrogen and oxygen atoms in total. The quantitative estimate of drug-likeness (QED) is 0.217. The van der Waals surface area contributed by atoms with Gasteiger partial charge in [0, 0.05) is 65.9 Å². The molecule has 8 rings (SSSR count). The molecule has 0 saturated heterocycles. The van der Waals surface area contributed by atoms with Crippen LogP contribution < -0.4 is 0 Å². The minimum atomic E-state index is 1.33. The van der Waals surface area contributed by atoms with Gasteiger partial charge >= 0.3 is 0 Å². The molecule has 3 aromatic heterocycles. The van der Waals surface area contributed by atoms with Gasteiger partial charge in [-0.2, -0.15) is 0 Å². The number of hydrogen-bond acceptors (Lipinski definition) is 3. The van der Waals surface area contributed by atoms with Crippen LogP contribution in [0.2, 0.25) is 0 Å². The van der Waals surface area contributed by atoms with E-state index in [0.29, 0.717) is 0 Å². The highest BCUT2D eigenvalue weighted by molar-refractivity contribution is 7.30. The summed E-state index contributed by atoms with van der Waals surface area (Å²) in [6.07, 6.45) is 0. The lowest BCUT2D eigenvalue weighted by Crippen LogP contribution is -1.77. The molecule has 144 valence electrons. The molecule has 3 heterocycles. The van der Waals surface area contributed by atoms with E-state index in [2.05, 4.69) is 84.9 Å². The van der Waals surface area contributed by atoms with E-state index in [1.165, 1.54) is 71.3 Å². The average molecular weight is 447 g/mol. The summed E-state index contributed by atoms with van der Waals surface area (Å²) in [7, 11) is 0. The molecule has 31 heavy (non-hydrogen) atoms. The summed E-state index contributed by atoms with van der Waals surface area (Å²) in [6, 6.07) is 31.6. The van der Waals surface area contributed by atoms with Crippen LogP contribution in [0.3, 0.4) is 0 Å². The van der Waals surface area contributed by atoms with Gasteiger partial charge in [-0.05, 0) is 35.7 Å². The number of thiophene rings is 3. The Morgan fingerprint density at radius 3 is 1.65 bits per heavy atom. The molecule has 5 aromatic carbocycles. The maximum atomic E-state index is 2.36. The van der Waals surface area contributed by atoms with Crippen LogP contribution in [0.5, 0.6) is 0 Å². The Kier molecular flexibility index (Phi) is 3.14. The Bertz CT molecular complexity index is 2000. The second kappa shape index (κ2) is 5.83. The first-order chi connectivity index (χ1) is 15.4. The van der Waals surface area contributed by atoms with E-state index in [1.807, 2.05) is 34.0 Å². The first-order valence-electron chi connectivity index (χ1n) is 10.4. The van der Waals surface area contributed by atoms with Crippen LogP contribution in [0.25, 0.3) is 71.3 Å². The van der Waals surface area contributed by atoms with Crippen molar-refractivity contribution in [3.8, 4) is 0 Å². The van der Waals surface area contributed by atoms with Crippen molar-refractivity contribution in [2.75, 3.05) is 0 Å². The van der Waals surface area contributed by atoms with Crippen molar-refractivity contribution < 1.29 is 0 Å². The van der Waals surface area contributed by atoms with E-state index in [4.69, 9.17) is 0 Å². The Hall–Kier alpha value is -2.98. The zero-order valence-electron chi connectivity index (χ0n) is 16.3. The molecule has 0 bridgehead atoms. The maximum absolute atomic E-state index is 2.36. The van der Waals surface area contributed by atoms with Crippen LogP contribution in [0.15, 0.2) is 84.9 Å². The molecule has 0 unspecified atom stereocenters. The normalized spacial score (nSPS) is 12.5. The molecular weight excluding hydrogens is 433 g/mol. The van der Waals surface area contributed by atoms with Gasteiger partial charge in [-0.25, -0.2) is 0 Å².